The molecule has 6 heterocycles. The van der Waals surface area contributed by atoms with Gasteiger partial charge >= 0.3 is 76.4 Å². The summed E-state index contributed by atoms with van der Waals surface area (Å²) in [6, 6.07) is 0.0745. The van der Waals surface area contributed by atoms with Gasteiger partial charge in [0.2, 0.25) is 0 Å². The molecule has 0 saturated carbocycles. The highest BCUT2D eigenvalue weighted by atomic mass is 28.6. The predicted octanol–water partition coefficient (Wildman–Crippen LogP) is 7.61. The highest BCUT2D eigenvalue weighted by Crippen LogP contribution is 2.59. The summed E-state index contributed by atoms with van der Waals surface area (Å²) < 4.78 is 96.2. The van der Waals surface area contributed by atoms with Crippen LogP contribution in [-0.4, -0.2) is 83.0 Å². The summed E-state index contributed by atoms with van der Waals surface area (Å²) in [6.45, 7) is 33.9. The Morgan fingerprint density at radius 1 is 0.451 bits per heavy atom. The molecule has 6 aliphatic heterocycles. The first-order valence-corrected chi connectivity index (χ1v) is 33.4. The van der Waals surface area contributed by atoms with E-state index < -0.39 is 75.9 Å². The topological polar surface area (TPSA) is 137 Å². The van der Waals surface area contributed by atoms with Gasteiger partial charge in [0.1, 0.15) is 0 Å². The summed E-state index contributed by atoms with van der Waals surface area (Å²) in [5.41, 5.74) is -2.83. The van der Waals surface area contributed by atoms with Crippen LogP contribution < -0.4 is 0 Å². The molecule has 0 aromatic heterocycles. The van der Waals surface area contributed by atoms with Gasteiger partial charge in [-0.2, -0.15) is 0 Å². The Balaban J connectivity index is 1.89. The molecular weight excluding hydrogens is 797 g/mol. The van der Waals surface area contributed by atoms with Gasteiger partial charge in [-0.3, -0.25) is 4.79 Å². The number of esters is 1. The summed E-state index contributed by atoms with van der Waals surface area (Å²) >= 11 is 0. The second-order valence-corrected chi connectivity index (χ2v) is 45.5. The van der Waals surface area contributed by atoms with E-state index >= 15 is 0 Å². The minimum Gasteiger partial charge on any atom is -0.465 e. The zero-order valence-corrected chi connectivity index (χ0v) is 41.9. The van der Waals surface area contributed by atoms with Crippen molar-refractivity contribution in [1.82, 2.24) is 0 Å². The fourth-order valence-electron chi connectivity index (χ4n) is 6.17. The van der Waals surface area contributed by atoms with E-state index in [9.17, 15) is 4.79 Å². The maximum absolute atomic E-state index is 13.3. The van der Waals surface area contributed by atoms with Crippen molar-refractivity contribution in [2.24, 2.45) is 5.41 Å². The molecule has 0 atom stereocenters. The summed E-state index contributed by atoms with van der Waals surface area (Å²) in [6.07, 6.45) is 0.617. The van der Waals surface area contributed by atoms with E-state index in [0.29, 0.717) is 6.42 Å². The third-order valence-electron chi connectivity index (χ3n) is 10.5. The van der Waals surface area contributed by atoms with Crippen LogP contribution in [0.1, 0.15) is 124 Å². The molecule has 6 rings (SSSR count). The first-order chi connectivity index (χ1) is 23.3. The van der Waals surface area contributed by atoms with E-state index in [0.717, 1.165) is 0 Å². The van der Waals surface area contributed by atoms with Gasteiger partial charge in [0.05, 0.1) is 18.1 Å². The van der Waals surface area contributed by atoms with Crippen molar-refractivity contribution in [3.05, 3.63) is 0 Å². The molecule has 6 saturated heterocycles. The van der Waals surface area contributed by atoms with Crippen molar-refractivity contribution in [3.63, 3.8) is 0 Å². The molecule has 8 bridgehead atoms. The molecule has 6 aliphatic rings. The lowest BCUT2D eigenvalue weighted by Gasteiger charge is -2.66. The molecule has 0 aliphatic carbocycles. The molecule has 296 valence electrons. The van der Waals surface area contributed by atoms with Gasteiger partial charge in [0.25, 0.3) is 0 Å². The molecule has 0 amide bonds. The van der Waals surface area contributed by atoms with E-state index in [1.807, 2.05) is 118 Å². The summed E-state index contributed by atoms with van der Waals surface area (Å²) in [7, 11) is -32.1. The summed E-state index contributed by atoms with van der Waals surface area (Å²) in [5.74, 6) is -0.323. The van der Waals surface area contributed by atoms with E-state index in [-0.39, 0.29) is 57.4 Å². The summed E-state index contributed by atoms with van der Waals surface area (Å²) in [4.78, 5) is 13.3. The Kier molecular flexibility index (Phi) is 11.7. The average Bonchev–Trinajstić information content (AvgIpc) is 2.94. The minimum absolute atomic E-state index is 0.0403. The maximum Gasteiger partial charge on any atom is 0.482 e. The van der Waals surface area contributed by atoms with Gasteiger partial charge in [-0.1, -0.05) is 104 Å². The second kappa shape index (κ2) is 14.0. The molecule has 0 N–H and O–H groups in total. The van der Waals surface area contributed by atoms with Crippen molar-refractivity contribution < 1.29 is 58.9 Å². The van der Waals surface area contributed by atoms with Crippen LogP contribution in [0.15, 0.2) is 0 Å². The van der Waals surface area contributed by atoms with Crippen molar-refractivity contribution in [3.8, 4) is 0 Å². The number of carbonyl (C=O) groups is 1. The van der Waals surface area contributed by atoms with Gasteiger partial charge < -0.3 is 54.1 Å². The third-order valence-corrected chi connectivity index (χ3v) is 48.8. The molecular formula is C29H64O14Si8. The lowest BCUT2D eigenvalue weighted by atomic mass is 9.91. The smallest absolute Gasteiger partial charge is 0.465 e. The highest BCUT2D eigenvalue weighted by Gasteiger charge is 2.85. The van der Waals surface area contributed by atoms with E-state index in [1.54, 1.807) is 0 Å². The Bertz CT molecular complexity index is 1180. The molecule has 0 unspecified atom stereocenters. The SMILES string of the molecule is CCC(C)(C)C(=O)OCC[Si]12O[Si]3(C(C)C)O[Si]4(C(C)C)O[Si](C(C)C)(O1)O[Si]1(C(C)C)O[Si](C(C)C)(O2)O[Si](C(C)C)(O3)O[Si](C(C)C)(O4)O1. The van der Waals surface area contributed by atoms with Gasteiger partial charge in [-0.25, -0.2) is 0 Å². The zero-order valence-electron chi connectivity index (χ0n) is 33.9. The molecule has 0 aromatic rings. The highest BCUT2D eigenvalue weighted by molar-refractivity contribution is 7.04. The fourth-order valence-corrected chi connectivity index (χ4v) is 60.0. The molecule has 51 heavy (non-hydrogen) atoms. The number of carbonyl (C=O) groups excluding carboxylic acids is 1. The van der Waals surface area contributed by atoms with Gasteiger partial charge in [-0.05, 0) is 20.3 Å². The second-order valence-electron chi connectivity index (χ2n) is 17.3. The van der Waals surface area contributed by atoms with Crippen molar-refractivity contribution in [1.29, 1.82) is 0 Å². The third kappa shape index (κ3) is 7.05. The van der Waals surface area contributed by atoms with Crippen molar-refractivity contribution >= 4 is 76.4 Å². The van der Waals surface area contributed by atoms with Crippen LogP contribution in [0.2, 0.25) is 44.8 Å². The number of hydrogen-bond donors (Lipinski definition) is 0. The van der Waals surface area contributed by atoms with Crippen LogP contribution in [0.5, 0.6) is 0 Å². The van der Waals surface area contributed by atoms with Crippen molar-refractivity contribution in [2.45, 2.75) is 169 Å². The normalized spacial score (nSPS) is 42.7. The molecule has 14 nitrogen and oxygen atoms in total. The Hall–Kier alpha value is 0.725. The van der Waals surface area contributed by atoms with Gasteiger partial charge in [0.15, 0.2) is 0 Å². The Morgan fingerprint density at radius 2 is 0.667 bits per heavy atom. The lowest BCUT2D eigenvalue weighted by molar-refractivity contribution is -0.153. The first kappa shape index (κ1) is 42.9. The average molecular weight is 862 g/mol. The van der Waals surface area contributed by atoms with Crippen LogP contribution in [-0.2, 0) is 58.9 Å². The van der Waals surface area contributed by atoms with Gasteiger partial charge in [-0.15, -0.1) is 0 Å². The summed E-state index contributed by atoms with van der Waals surface area (Å²) in [5, 5.41) is 0. The number of rotatable bonds is 12. The monoisotopic (exact) mass is 860 g/mol. The van der Waals surface area contributed by atoms with E-state index in [2.05, 4.69) is 0 Å². The van der Waals surface area contributed by atoms with Crippen molar-refractivity contribution in [2.75, 3.05) is 6.61 Å². The van der Waals surface area contributed by atoms with E-state index in [1.165, 1.54) is 0 Å². The molecule has 0 aromatic carbocycles. The van der Waals surface area contributed by atoms with Crippen LogP contribution in [0.25, 0.3) is 0 Å². The number of ether oxygens (including phenoxy) is 1. The molecule has 0 radical (unpaired) electrons. The van der Waals surface area contributed by atoms with Crippen LogP contribution in [0.3, 0.4) is 0 Å². The van der Waals surface area contributed by atoms with Crippen LogP contribution in [0.4, 0.5) is 0 Å². The first-order valence-electron chi connectivity index (χ1n) is 18.9. The zero-order chi connectivity index (χ0) is 38.4. The predicted molar refractivity (Wildman–Crippen MR) is 205 cm³/mol. The number of hydrogen-bond acceptors (Lipinski definition) is 14. The fraction of sp³-hybridized carbons (Fsp3) is 0.966. The molecule has 22 heteroatoms. The maximum atomic E-state index is 13.3. The Morgan fingerprint density at radius 3 is 0.863 bits per heavy atom. The minimum atomic E-state index is -4.17. The van der Waals surface area contributed by atoms with Gasteiger partial charge in [0, 0.05) is 38.8 Å². The van der Waals surface area contributed by atoms with Crippen LogP contribution >= 0.6 is 0 Å². The van der Waals surface area contributed by atoms with Crippen LogP contribution in [0, 0.1) is 5.41 Å². The lowest BCUT2D eigenvalue weighted by Crippen LogP contribution is -2.90. The van der Waals surface area contributed by atoms with E-state index in [4.69, 9.17) is 54.1 Å². The molecule has 6 fully saturated rings. The largest absolute Gasteiger partial charge is 0.482 e. The standard InChI is InChI=1S/C29H64O14Si8/c1-18-29(16,17)28(30)31-19-20-44-32-45(21(2)3)35-48(24(8)9)37-46(33-44,22(4)5)39-50(26(12)13)40-47(34-44,23(6)7)38-49(36-45,25(10)11)42-51(41-48,43-50)27(14)15/h21-27H,18-20H2,1-17H3. The quantitative estimate of drug-likeness (QED) is 0.141. The molecule has 0 spiro atoms. The Labute approximate surface area is 315 Å².